The van der Waals surface area contributed by atoms with Gasteiger partial charge in [0.05, 0.1) is 13.1 Å². The predicted molar refractivity (Wildman–Crippen MR) is 47.0 cm³/mol. The Hall–Kier alpha value is -0.120. The minimum atomic E-state index is 0. The minimum Gasteiger partial charge on any atom is -0.324 e. The zero-order chi connectivity index (χ0) is 7.40. The number of nitrogens with zero attached hydrogens (tertiary/aromatic N) is 1. The van der Waals surface area contributed by atoms with Crippen LogP contribution in [0.3, 0.4) is 0 Å². The first-order chi connectivity index (χ1) is 4.83. The molecule has 1 aliphatic heterocycles. The van der Waals surface area contributed by atoms with Crippen molar-refractivity contribution >= 4 is 18.2 Å². The van der Waals surface area contributed by atoms with Crippen LogP contribution in [0.5, 0.6) is 0 Å². The van der Waals surface area contributed by atoms with Crippen LogP contribution in [0.25, 0.3) is 0 Å². The molecule has 11 heavy (non-hydrogen) atoms. The number of rotatable bonds is 3. The van der Waals surface area contributed by atoms with Gasteiger partial charge in [-0.25, -0.2) is 0 Å². The maximum Gasteiger partial charge on any atom is 0.160 e. The van der Waals surface area contributed by atoms with Gasteiger partial charge in [-0.15, -0.1) is 12.4 Å². The van der Waals surface area contributed by atoms with E-state index in [1.165, 1.54) is 12.8 Å². The van der Waals surface area contributed by atoms with E-state index in [-0.39, 0.29) is 24.7 Å². The van der Waals surface area contributed by atoms with Crippen molar-refractivity contribution in [1.29, 1.82) is 0 Å². The van der Waals surface area contributed by atoms with Gasteiger partial charge in [0.1, 0.15) is 0 Å². The van der Waals surface area contributed by atoms with Crippen molar-refractivity contribution in [3.8, 4) is 0 Å². The molecular formula is C7H15ClN2O. The summed E-state index contributed by atoms with van der Waals surface area (Å²) >= 11 is 0. The van der Waals surface area contributed by atoms with Crippen LogP contribution in [-0.2, 0) is 4.79 Å². The molecule has 1 rings (SSSR count). The zero-order valence-corrected chi connectivity index (χ0v) is 7.40. The molecule has 0 aromatic heterocycles. The van der Waals surface area contributed by atoms with Crippen LogP contribution in [0.1, 0.15) is 12.8 Å². The van der Waals surface area contributed by atoms with Gasteiger partial charge in [-0.3, -0.25) is 9.69 Å². The number of hydrogen-bond donors (Lipinski definition) is 1. The van der Waals surface area contributed by atoms with Gasteiger partial charge in [0.15, 0.2) is 5.78 Å². The molecule has 66 valence electrons. The first kappa shape index (κ1) is 10.9. The lowest BCUT2D eigenvalue weighted by atomic mass is 10.4. The summed E-state index contributed by atoms with van der Waals surface area (Å²) in [4.78, 5) is 13.0. The molecule has 0 aliphatic carbocycles. The van der Waals surface area contributed by atoms with Gasteiger partial charge in [-0.2, -0.15) is 0 Å². The Balaban J connectivity index is 0.000001000. The second kappa shape index (κ2) is 5.52. The van der Waals surface area contributed by atoms with Crippen molar-refractivity contribution in [3.05, 3.63) is 0 Å². The molecule has 0 atom stereocenters. The summed E-state index contributed by atoms with van der Waals surface area (Å²) in [6.45, 7) is 2.91. The Morgan fingerprint density at radius 2 is 1.91 bits per heavy atom. The Bertz CT molecular complexity index is 124. The van der Waals surface area contributed by atoms with E-state index in [4.69, 9.17) is 5.73 Å². The van der Waals surface area contributed by atoms with E-state index in [1.807, 2.05) is 0 Å². The van der Waals surface area contributed by atoms with Crippen LogP contribution in [0, 0.1) is 0 Å². The van der Waals surface area contributed by atoms with Crippen LogP contribution in [-0.4, -0.2) is 36.9 Å². The highest BCUT2D eigenvalue weighted by molar-refractivity contribution is 5.85. The molecule has 1 saturated heterocycles. The van der Waals surface area contributed by atoms with E-state index in [2.05, 4.69) is 4.90 Å². The van der Waals surface area contributed by atoms with Gasteiger partial charge in [0, 0.05) is 0 Å². The van der Waals surface area contributed by atoms with Crippen LogP contribution in [0.4, 0.5) is 0 Å². The SMILES string of the molecule is Cl.NCC(=O)CN1CCCC1. The fraction of sp³-hybridized carbons (Fsp3) is 0.857. The number of Topliss-reactive ketones (excluding diaryl/α,β-unsaturated/α-hetero) is 1. The molecule has 1 fully saturated rings. The van der Waals surface area contributed by atoms with E-state index in [0.717, 1.165) is 13.1 Å². The highest BCUT2D eigenvalue weighted by Crippen LogP contribution is 2.05. The third kappa shape index (κ3) is 3.70. The second-order valence-corrected chi connectivity index (χ2v) is 2.73. The smallest absolute Gasteiger partial charge is 0.160 e. The first-order valence-electron chi connectivity index (χ1n) is 3.77. The van der Waals surface area contributed by atoms with E-state index < -0.39 is 0 Å². The van der Waals surface area contributed by atoms with E-state index in [1.54, 1.807) is 0 Å². The second-order valence-electron chi connectivity index (χ2n) is 2.73. The molecular weight excluding hydrogens is 164 g/mol. The third-order valence-electron chi connectivity index (χ3n) is 1.83. The molecule has 2 N–H and O–H groups in total. The average molecular weight is 179 g/mol. The lowest BCUT2D eigenvalue weighted by Gasteiger charge is -2.11. The predicted octanol–water partition coefficient (Wildman–Crippen LogP) is 0.0318. The molecule has 1 aliphatic rings. The van der Waals surface area contributed by atoms with Gasteiger partial charge < -0.3 is 5.73 Å². The molecule has 0 radical (unpaired) electrons. The summed E-state index contributed by atoms with van der Waals surface area (Å²) in [5, 5.41) is 0. The van der Waals surface area contributed by atoms with Crippen molar-refractivity contribution in [1.82, 2.24) is 4.90 Å². The van der Waals surface area contributed by atoms with Gasteiger partial charge >= 0.3 is 0 Å². The largest absolute Gasteiger partial charge is 0.324 e. The maximum atomic E-state index is 10.8. The standard InChI is InChI=1S/C7H14N2O.ClH/c8-5-7(10)6-9-3-1-2-4-9;/h1-6,8H2;1H. The number of ketones is 1. The van der Waals surface area contributed by atoms with Crippen molar-refractivity contribution < 1.29 is 4.79 Å². The number of nitrogens with two attached hydrogens (primary N) is 1. The molecule has 0 aromatic carbocycles. The maximum absolute atomic E-state index is 10.8. The van der Waals surface area contributed by atoms with Crippen LogP contribution in [0.15, 0.2) is 0 Å². The van der Waals surface area contributed by atoms with E-state index in [9.17, 15) is 4.79 Å². The molecule has 3 nitrogen and oxygen atoms in total. The molecule has 0 spiro atoms. The number of hydrogen-bond acceptors (Lipinski definition) is 3. The van der Waals surface area contributed by atoms with Crippen molar-refractivity contribution in [2.24, 2.45) is 5.73 Å². The summed E-state index contributed by atoms with van der Waals surface area (Å²) in [6.07, 6.45) is 2.47. The molecule has 0 saturated carbocycles. The van der Waals surface area contributed by atoms with Gasteiger partial charge in [0.2, 0.25) is 0 Å². The van der Waals surface area contributed by atoms with Crippen LogP contribution in [0.2, 0.25) is 0 Å². The molecule has 0 unspecified atom stereocenters. The summed E-state index contributed by atoms with van der Waals surface area (Å²) in [6, 6.07) is 0. The fourth-order valence-corrected chi connectivity index (χ4v) is 1.25. The van der Waals surface area contributed by atoms with E-state index >= 15 is 0 Å². The molecule has 1 heterocycles. The molecule has 0 amide bonds. The average Bonchev–Trinajstić information content (AvgIpc) is 2.40. The topological polar surface area (TPSA) is 46.3 Å². The molecule has 0 bridgehead atoms. The summed E-state index contributed by atoms with van der Waals surface area (Å²) in [5.41, 5.74) is 5.17. The summed E-state index contributed by atoms with van der Waals surface area (Å²) < 4.78 is 0. The first-order valence-corrected chi connectivity index (χ1v) is 3.77. The summed E-state index contributed by atoms with van der Waals surface area (Å²) in [5.74, 6) is 0.155. The van der Waals surface area contributed by atoms with E-state index in [0.29, 0.717) is 6.54 Å². The zero-order valence-electron chi connectivity index (χ0n) is 6.58. The van der Waals surface area contributed by atoms with Crippen molar-refractivity contribution in [2.45, 2.75) is 12.8 Å². The van der Waals surface area contributed by atoms with Crippen molar-refractivity contribution in [3.63, 3.8) is 0 Å². The fourth-order valence-electron chi connectivity index (χ4n) is 1.25. The monoisotopic (exact) mass is 178 g/mol. The Morgan fingerprint density at radius 1 is 1.36 bits per heavy atom. The lowest BCUT2D eigenvalue weighted by molar-refractivity contribution is -0.118. The highest BCUT2D eigenvalue weighted by Gasteiger charge is 2.13. The van der Waals surface area contributed by atoms with Crippen molar-refractivity contribution in [2.75, 3.05) is 26.2 Å². The lowest BCUT2D eigenvalue weighted by Crippen LogP contribution is -2.30. The number of carbonyl (C=O) groups is 1. The number of carbonyl (C=O) groups excluding carboxylic acids is 1. The third-order valence-corrected chi connectivity index (χ3v) is 1.83. The Morgan fingerprint density at radius 3 is 2.36 bits per heavy atom. The molecule has 4 heteroatoms. The van der Waals surface area contributed by atoms with Crippen LogP contribution < -0.4 is 5.73 Å². The normalized spacial score (nSPS) is 17.9. The Kier molecular flexibility index (Phi) is 5.46. The highest BCUT2D eigenvalue weighted by atomic mass is 35.5. The number of likely N-dealkylation sites (tertiary alicyclic amines) is 1. The number of halogens is 1. The Labute approximate surface area is 73.3 Å². The van der Waals surface area contributed by atoms with Crippen LogP contribution >= 0.6 is 12.4 Å². The van der Waals surface area contributed by atoms with Gasteiger partial charge in [-0.05, 0) is 25.9 Å². The quantitative estimate of drug-likeness (QED) is 0.664. The molecule has 0 aromatic rings. The summed E-state index contributed by atoms with van der Waals surface area (Å²) in [7, 11) is 0. The van der Waals surface area contributed by atoms with Gasteiger partial charge in [0.25, 0.3) is 0 Å². The van der Waals surface area contributed by atoms with Gasteiger partial charge in [-0.1, -0.05) is 0 Å². The minimum absolute atomic E-state index is 0.